The van der Waals surface area contributed by atoms with E-state index >= 15 is 0 Å². The van der Waals surface area contributed by atoms with Crippen LogP contribution in [-0.4, -0.2) is 67.5 Å². The van der Waals surface area contributed by atoms with Crippen LogP contribution in [0.25, 0.3) is 0 Å². The predicted octanol–water partition coefficient (Wildman–Crippen LogP) is 2.20. The smallest absolute Gasteiger partial charge is 0.327 e. The van der Waals surface area contributed by atoms with Crippen LogP contribution < -0.4 is 0 Å². The van der Waals surface area contributed by atoms with E-state index in [1.165, 1.54) is 4.90 Å². The number of piperidine rings is 1. The van der Waals surface area contributed by atoms with Gasteiger partial charge >= 0.3 is 6.03 Å². The number of urea groups is 1. The molecule has 31 heavy (non-hydrogen) atoms. The predicted molar refractivity (Wildman–Crippen MR) is 115 cm³/mol. The van der Waals surface area contributed by atoms with Gasteiger partial charge in [0.15, 0.2) is 0 Å². The second-order valence-electron chi connectivity index (χ2n) is 8.26. The van der Waals surface area contributed by atoms with Crippen molar-refractivity contribution < 1.29 is 14.4 Å². The molecule has 8 nitrogen and oxygen atoms in total. The zero-order valence-corrected chi connectivity index (χ0v) is 18.2. The quantitative estimate of drug-likeness (QED) is 0.668. The SMILES string of the molecule is CCN1C(=O)N(Cc2ccccc2)C2(CCN(C(=O)CCc3ccnn3C)CC2)C1=O. The fourth-order valence-corrected chi connectivity index (χ4v) is 4.70. The van der Waals surface area contributed by atoms with Crippen molar-refractivity contribution in [2.75, 3.05) is 19.6 Å². The Morgan fingerprint density at radius 3 is 2.42 bits per heavy atom. The molecular weight excluding hydrogens is 394 g/mol. The van der Waals surface area contributed by atoms with Crippen LogP contribution in [0.5, 0.6) is 0 Å². The van der Waals surface area contributed by atoms with Crippen molar-refractivity contribution in [3.63, 3.8) is 0 Å². The van der Waals surface area contributed by atoms with Gasteiger partial charge < -0.3 is 9.80 Å². The zero-order valence-electron chi connectivity index (χ0n) is 18.2. The minimum Gasteiger partial charge on any atom is -0.342 e. The topological polar surface area (TPSA) is 78.8 Å². The fourth-order valence-electron chi connectivity index (χ4n) is 4.70. The lowest BCUT2D eigenvalue weighted by Crippen LogP contribution is -2.57. The van der Waals surface area contributed by atoms with Gasteiger partial charge in [0.05, 0.1) is 0 Å². The molecule has 164 valence electrons. The number of benzene rings is 1. The van der Waals surface area contributed by atoms with Gasteiger partial charge in [0.2, 0.25) is 5.91 Å². The van der Waals surface area contributed by atoms with E-state index in [1.54, 1.807) is 15.8 Å². The second kappa shape index (κ2) is 8.53. The molecular formula is C23H29N5O3. The molecule has 4 rings (SSSR count). The Bertz CT molecular complexity index is 963. The maximum absolute atomic E-state index is 13.3. The third kappa shape index (κ3) is 3.82. The third-order valence-corrected chi connectivity index (χ3v) is 6.58. The van der Waals surface area contributed by atoms with Gasteiger partial charge in [-0.1, -0.05) is 30.3 Å². The van der Waals surface area contributed by atoms with Gasteiger partial charge in [-0.3, -0.25) is 19.2 Å². The number of rotatable bonds is 6. The molecule has 0 bridgehead atoms. The molecule has 4 amide bonds. The minimum absolute atomic E-state index is 0.0785. The Kier molecular flexibility index (Phi) is 5.80. The summed E-state index contributed by atoms with van der Waals surface area (Å²) in [6, 6.07) is 11.4. The first-order valence-corrected chi connectivity index (χ1v) is 10.9. The Labute approximate surface area is 182 Å². The van der Waals surface area contributed by atoms with Crippen LogP contribution in [0, 0.1) is 0 Å². The number of aryl methyl sites for hydroxylation is 2. The first-order chi connectivity index (χ1) is 15.0. The van der Waals surface area contributed by atoms with Crippen molar-refractivity contribution in [3.8, 4) is 0 Å². The van der Waals surface area contributed by atoms with Gasteiger partial charge in [-0.25, -0.2) is 4.79 Å². The van der Waals surface area contributed by atoms with Crippen LogP contribution in [0.4, 0.5) is 4.79 Å². The number of carbonyl (C=O) groups is 3. The molecule has 2 saturated heterocycles. The summed E-state index contributed by atoms with van der Waals surface area (Å²) in [5, 5.41) is 4.14. The summed E-state index contributed by atoms with van der Waals surface area (Å²) >= 11 is 0. The molecule has 0 aliphatic carbocycles. The number of likely N-dealkylation sites (N-methyl/N-ethyl adjacent to an activating group) is 1. The Morgan fingerprint density at radius 2 is 1.81 bits per heavy atom. The van der Waals surface area contributed by atoms with Crippen LogP contribution in [0.2, 0.25) is 0 Å². The lowest BCUT2D eigenvalue weighted by atomic mass is 9.85. The van der Waals surface area contributed by atoms with Gasteiger partial charge in [0, 0.05) is 51.5 Å². The summed E-state index contributed by atoms with van der Waals surface area (Å²) in [6.07, 6.45) is 3.72. The molecule has 1 aromatic heterocycles. The van der Waals surface area contributed by atoms with Crippen LogP contribution in [0.1, 0.15) is 37.4 Å². The molecule has 1 spiro atoms. The number of nitrogens with zero attached hydrogens (tertiary/aromatic N) is 5. The normalized spacial score (nSPS) is 18.3. The number of hydrogen-bond donors (Lipinski definition) is 0. The van der Waals surface area contributed by atoms with Crippen LogP contribution >= 0.6 is 0 Å². The van der Waals surface area contributed by atoms with Crippen LogP contribution in [0.3, 0.4) is 0 Å². The average molecular weight is 424 g/mol. The van der Waals surface area contributed by atoms with Gasteiger partial charge in [0.1, 0.15) is 5.54 Å². The van der Waals surface area contributed by atoms with E-state index < -0.39 is 5.54 Å². The highest BCUT2D eigenvalue weighted by Gasteiger charge is 2.57. The van der Waals surface area contributed by atoms with Crippen LogP contribution in [-0.2, 0) is 29.6 Å². The molecule has 0 atom stereocenters. The summed E-state index contributed by atoms with van der Waals surface area (Å²) in [4.78, 5) is 44.0. The molecule has 0 radical (unpaired) electrons. The molecule has 2 aliphatic rings. The standard InChI is InChI=1S/C23H29N5O3/c1-3-27-21(30)23(28(22(27)31)17-18-7-5-4-6-8-18)12-15-26(16-13-23)20(29)10-9-19-11-14-24-25(19)2/h4-8,11,14H,3,9-10,12-13,15-17H2,1-2H3. The highest BCUT2D eigenvalue weighted by Crippen LogP contribution is 2.38. The van der Waals surface area contributed by atoms with E-state index in [-0.39, 0.29) is 17.8 Å². The number of aromatic nitrogens is 2. The van der Waals surface area contributed by atoms with Crippen molar-refractivity contribution in [1.29, 1.82) is 0 Å². The minimum atomic E-state index is -0.859. The molecule has 3 heterocycles. The van der Waals surface area contributed by atoms with E-state index in [2.05, 4.69) is 5.10 Å². The summed E-state index contributed by atoms with van der Waals surface area (Å²) < 4.78 is 1.78. The maximum atomic E-state index is 13.3. The molecule has 2 aliphatic heterocycles. The largest absolute Gasteiger partial charge is 0.342 e. The van der Waals surface area contributed by atoms with E-state index in [4.69, 9.17) is 0 Å². The van der Waals surface area contributed by atoms with Crippen molar-refractivity contribution in [2.45, 2.75) is 44.7 Å². The monoisotopic (exact) mass is 423 g/mol. The first-order valence-electron chi connectivity index (χ1n) is 10.9. The lowest BCUT2D eigenvalue weighted by Gasteiger charge is -2.42. The molecule has 2 fully saturated rings. The van der Waals surface area contributed by atoms with Gasteiger partial charge in [-0.15, -0.1) is 0 Å². The lowest BCUT2D eigenvalue weighted by molar-refractivity contribution is -0.141. The van der Waals surface area contributed by atoms with Crippen molar-refractivity contribution >= 4 is 17.8 Å². The van der Waals surface area contributed by atoms with Crippen LogP contribution in [0.15, 0.2) is 42.6 Å². The van der Waals surface area contributed by atoms with E-state index in [9.17, 15) is 14.4 Å². The molecule has 8 heteroatoms. The summed E-state index contributed by atoms with van der Waals surface area (Å²) in [5.74, 6) is -0.0484. The number of hydrogen-bond acceptors (Lipinski definition) is 4. The average Bonchev–Trinajstić information content (AvgIpc) is 3.28. The number of likely N-dealkylation sites (tertiary alicyclic amines) is 1. The molecule has 0 unspecified atom stereocenters. The third-order valence-electron chi connectivity index (χ3n) is 6.58. The van der Waals surface area contributed by atoms with Crippen molar-refractivity contribution in [1.82, 2.24) is 24.5 Å². The number of amides is 4. The molecule has 0 N–H and O–H groups in total. The second-order valence-corrected chi connectivity index (χ2v) is 8.26. The molecule has 0 saturated carbocycles. The zero-order chi connectivity index (χ0) is 22.0. The first kappa shape index (κ1) is 21.1. The number of imide groups is 1. The Hall–Kier alpha value is -3.16. The van der Waals surface area contributed by atoms with Crippen molar-refractivity contribution in [3.05, 3.63) is 53.9 Å². The Balaban J connectivity index is 1.46. The van der Waals surface area contributed by atoms with Gasteiger partial charge in [-0.05, 0) is 37.8 Å². The summed E-state index contributed by atoms with van der Waals surface area (Å²) in [7, 11) is 1.87. The van der Waals surface area contributed by atoms with Gasteiger partial charge in [0.25, 0.3) is 5.91 Å². The highest BCUT2D eigenvalue weighted by atomic mass is 16.2. The van der Waals surface area contributed by atoms with Crippen molar-refractivity contribution in [2.24, 2.45) is 7.05 Å². The highest BCUT2D eigenvalue weighted by molar-refractivity contribution is 6.07. The fraction of sp³-hybridized carbons (Fsp3) is 0.478. The summed E-state index contributed by atoms with van der Waals surface area (Å²) in [6.45, 7) is 3.54. The number of carbonyl (C=O) groups excluding carboxylic acids is 3. The summed E-state index contributed by atoms with van der Waals surface area (Å²) in [5.41, 5.74) is 1.16. The van der Waals surface area contributed by atoms with Gasteiger partial charge in [-0.2, -0.15) is 5.10 Å². The maximum Gasteiger partial charge on any atom is 0.327 e. The van der Waals surface area contributed by atoms with E-state index in [1.807, 2.05) is 55.3 Å². The molecule has 1 aromatic carbocycles. The van der Waals surface area contributed by atoms with E-state index in [0.717, 1.165) is 11.3 Å². The Morgan fingerprint density at radius 1 is 1.10 bits per heavy atom. The molecule has 2 aromatic rings. The van der Waals surface area contributed by atoms with E-state index in [0.29, 0.717) is 51.9 Å².